The van der Waals surface area contributed by atoms with Gasteiger partial charge in [-0.1, -0.05) is 28.1 Å². The number of amides is 1. The van der Waals surface area contributed by atoms with Crippen LogP contribution < -0.4 is 10.2 Å². The minimum atomic E-state index is -0.831. The molecule has 2 heterocycles. The monoisotopic (exact) mass is 432 g/mol. The Kier molecular flexibility index (Phi) is 6.39. The first kappa shape index (κ1) is 19.3. The van der Waals surface area contributed by atoms with E-state index < -0.39 is 12.0 Å². The van der Waals surface area contributed by atoms with E-state index in [1.165, 1.54) is 7.11 Å². The molecule has 0 aliphatic carbocycles. The highest BCUT2D eigenvalue weighted by Gasteiger charge is 2.31. The number of nitrogens with one attached hydrogen (secondary N) is 1. The molecule has 2 aromatic rings. The Morgan fingerprint density at radius 2 is 2.07 bits per heavy atom. The van der Waals surface area contributed by atoms with Gasteiger partial charge >= 0.3 is 5.97 Å². The first-order valence-electron chi connectivity index (χ1n) is 8.73. The number of aromatic nitrogens is 2. The van der Waals surface area contributed by atoms with Gasteiger partial charge in [0.2, 0.25) is 5.91 Å². The summed E-state index contributed by atoms with van der Waals surface area (Å²) in [5.41, 5.74) is 0.681. The average Bonchev–Trinajstić information content (AvgIpc) is 2.73. The van der Waals surface area contributed by atoms with E-state index in [4.69, 9.17) is 4.74 Å². The number of methoxy groups -OCH3 is 1. The first-order chi connectivity index (χ1) is 13.1. The van der Waals surface area contributed by atoms with Crippen molar-refractivity contribution in [2.24, 2.45) is 5.92 Å². The molecular weight excluding hydrogens is 412 g/mol. The minimum Gasteiger partial charge on any atom is -0.467 e. The number of carbonyl (C=O) groups is 2. The molecule has 0 spiro atoms. The van der Waals surface area contributed by atoms with Crippen LogP contribution in [0.5, 0.6) is 0 Å². The third kappa shape index (κ3) is 4.82. The molecule has 1 amide bonds. The second-order valence-corrected chi connectivity index (χ2v) is 7.28. The number of esters is 1. The molecule has 27 heavy (non-hydrogen) atoms. The van der Waals surface area contributed by atoms with Crippen molar-refractivity contribution in [1.82, 2.24) is 15.3 Å². The lowest BCUT2D eigenvalue weighted by molar-refractivity contribution is -0.145. The van der Waals surface area contributed by atoms with Crippen LogP contribution in [0.25, 0.3) is 0 Å². The third-order valence-electron chi connectivity index (χ3n) is 4.59. The third-order valence-corrected chi connectivity index (χ3v) is 5.12. The summed E-state index contributed by atoms with van der Waals surface area (Å²) in [6.45, 7) is 1.37. The van der Waals surface area contributed by atoms with Gasteiger partial charge in [0.05, 0.1) is 19.2 Å². The first-order valence-corrected chi connectivity index (χ1v) is 9.52. The molecule has 1 aromatic carbocycles. The Hall–Kier alpha value is -2.48. The number of hydrogen-bond donors (Lipinski definition) is 1. The summed E-state index contributed by atoms with van der Waals surface area (Å²) >= 11 is 3.37. The number of ether oxygens (including phenoxy) is 1. The molecule has 1 saturated heterocycles. The number of hydrogen-bond acceptors (Lipinski definition) is 6. The average molecular weight is 433 g/mol. The minimum absolute atomic E-state index is 0.165. The summed E-state index contributed by atoms with van der Waals surface area (Å²) < 4.78 is 5.78. The van der Waals surface area contributed by atoms with Crippen molar-refractivity contribution in [1.29, 1.82) is 0 Å². The van der Waals surface area contributed by atoms with Crippen molar-refractivity contribution in [2.75, 3.05) is 25.1 Å². The molecule has 0 bridgehead atoms. The van der Waals surface area contributed by atoms with E-state index in [9.17, 15) is 9.59 Å². The van der Waals surface area contributed by atoms with Gasteiger partial charge in [0.15, 0.2) is 6.04 Å². The van der Waals surface area contributed by atoms with Crippen molar-refractivity contribution in [3.8, 4) is 0 Å². The van der Waals surface area contributed by atoms with Crippen LogP contribution in [0.3, 0.4) is 0 Å². The van der Waals surface area contributed by atoms with Gasteiger partial charge in [-0.25, -0.2) is 9.78 Å². The summed E-state index contributed by atoms with van der Waals surface area (Å²) in [4.78, 5) is 35.5. The molecule has 2 unspecified atom stereocenters. The zero-order valence-corrected chi connectivity index (χ0v) is 16.6. The Morgan fingerprint density at radius 1 is 1.30 bits per heavy atom. The Bertz CT molecular complexity index is 785. The molecule has 0 radical (unpaired) electrons. The highest BCUT2D eigenvalue weighted by molar-refractivity contribution is 9.10. The molecule has 8 heteroatoms. The van der Waals surface area contributed by atoms with E-state index in [1.807, 2.05) is 17.0 Å². The maximum atomic E-state index is 12.9. The Labute approximate surface area is 166 Å². The normalized spacial score (nSPS) is 17.9. The van der Waals surface area contributed by atoms with Gasteiger partial charge in [-0.15, -0.1) is 0 Å². The van der Waals surface area contributed by atoms with Crippen LogP contribution in [0.15, 0.2) is 47.3 Å². The number of benzene rings is 1. The van der Waals surface area contributed by atoms with Crippen LogP contribution in [0.4, 0.5) is 5.82 Å². The predicted molar refractivity (Wildman–Crippen MR) is 104 cm³/mol. The second-order valence-electron chi connectivity index (χ2n) is 6.37. The summed E-state index contributed by atoms with van der Waals surface area (Å²) in [6.07, 6.45) is 6.59. The fourth-order valence-corrected chi connectivity index (χ4v) is 3.43. The van der Waals surface area contributed by atoms with Crippen LogP contribution in [0.2, 0.25) is 0 Å². The zero-order chi connectivity index (χ0) is 19.2. The van der Waals surface area contributed by atoms with Gasteiger partial charge in [-0.3, -0.25) is 9.78 Å². The molecule has 142 valence electrons. The summed E-state index contributed by atoms with van der Waals surface area (Å²) in [6, 6.07) is 6.40. The summed E-state index contributed by atoms with van der Waals surface area (Å²) in [5, 5.41) is 2.85. The van der Waals surface area contributed by atoms with Gasteiger partial charge in [0.25, 0.3) is 0 Å². The fourth-order valence-electron chi connectivity index (χ4n) is 3.17. The lowest BCUT2D eigenvalue weighted by Gasteiger charge is -2.33. The summed E-state index contributed by atoms with van der Waals surface area (Å²) in [5.74, 6) is -0.134. The van der Waals surface area contributed by atoms with Gasteiger partial charge in [-0.05, 0) is 30.5 Å². The molecule has 7 nitrogen and oxygen atoms in total. The standard InChI is InChI=1S/C19H21BrN4O3/c1-27-19(26)17(13-4-6-15(20)7-5-13)23-18(25)14-3-2-10-24(12-14)16-11-21-8-9-22-16/h4-9,11,14,17H,2-3,10,12H2,1H3,(H,23,25). The van der Waals surface area contributed by atoms with Crippen molar-refractivity contribution in [3.05, 3.63) is 52.9 Å². The zero-order valence-electron chi connectivity index (χ0n) is 15.0. The number of nitrogens with zero attached hydrogens (tertiary/aromatic N) is 3. The number of piperidine rings is 1. The number of halogens is 1. The number of carbonyl (C=O) groups excluding carboxylic acids is 2. The molecule has 2 atom stereocenters. The maximum absolute atomic E-state index is 12.9. The second kappa shape index (κ2) is 8.94. The van der Waals surface area contributed by atoms with Crippen molar-refractivity contribution in [2.45, 2.75) is 18.9 Å². The Morgan fingerprint density at radius 3 is 2.74 bits per heavy atom. The van der Waals surface area contributed by atoms with Crippen LogP contribution in [-0.2, 0) is 14.3 Å². The van der Waals surface area contributed by atoms with Crippen molar-refractivity contribution < 1.29 is 14.3 Å². The lowest BCUT2D eigenvalue weighted by atomic mass is 9.96. The molecule has 1 aliphatic heterocycles. The largest absolute Gasteiger partial charge is 0.467 e. The van der Waals surface area contributed by atoms with Crippen molar-refractivity contribution >= 4 is 33.6 Å². The predicted octanol–water partition coefficient (Wildman–Crippen LogP) is 2.49. The molecular formula is C19H21BrN4O3. The lowest BCUT2D eigenvalue weighted by Crippen LogP contribution is -2.45. The van der Waals surface area contributed by atoms with E-state index >= 15 is 0 Å². The van der Waals surface area contributed by atoms with Gasteiger partial charge in [0, 0.05) is 30.0 Å². The van der Waals surface area contributed by atoms with E-state index in [0.717, 1.165) is 29.7 Å². The van der Waals surface area contributed by atoms with E-state index in [0.29, 0.717) is 12.1 Å². The molecule has 3 rings (SSSR count). The molecule has 1 aromatic heterocycles. The maximum Gasteiger partial charge on any atom is 0.333 e. The van der Waals surface area contributed by atoms with E-state index in [-0.39, 0.29) is 11.8 Å². The van der Waals surface area contributed by atoms with Gasteiger partial charge in [-0.2, -0.15) is 0 Å². The molecule has 0 saturated carbocycles. The van der Waals surface area contributed by atoms with Gasteiger partial charge < -0.3 is 15.0 Å². The fraction of sp³-hybridized carbons (Fsp3) is 0.368. The highest BCUT2D eigenvalue weighted by Crippen LogP contribution is 2.23. The quantitative estimate of drug-likeness (QED) is 0.730. The number of anilines is 1. The summed E-state index contributed by atoms with van der Waals surface area (Å²) in [7, 11) is 1.32. The smallest absolute Gasteiger partial charge is 0.333 e. The topological polar surface area (TPSA) is 84.4 Å². The van der Waals surface area contributed by atoms with Crippen molar-refractivity contribution in [3.63, 3.8) is 0 Å². The van der Waals surface area contributed by atoms with Crippen LogP contribution in [0, 0.1) is 5.92 Å². The molecule has 1 N–H and O–H groups in total. The van der Waals surface area contributed by atoms with E-state index in [1.54, 1.807) is 30.7 Å². The van der Waals surface area contributed by atoms with Crippen LogP contribution in [-0.4, -0.2) is 42.0 Å². The van der Waals surface area contributed by atoms with Gasteiger partial charge in [0.1, 0.15) is 5.82 Å². The van der Waals surface area contributed by atoms with Crippen LogP contribution in [0.1, 0.15) is 24.4 Å². The molecule has 1 aliphatic rings. The van der Waals surface area contributed by atoms with E-state index in [2.05, 4.69) is 31.2 Å². The number of rotatable bonds is 5. The van der Waals surface area contributed by atoms with Crippen LogP contribution >= 0.6 is 15.9 Å². The Balaban J connectivity index is 1.71. The SMILES string of the molecule is COC(=O)C(NC(=O)C1CCCN(c2cnccn2)C1)c1ccc(Br)cc1. The highest BCUT2D eigenvalue weighted by atomic mass is 79.9. The molecule has 1 fully saturated rings.